The van der Waals surface area contributed by atoms with Crippen LogP contribution in [0, 0.1) is 0 Å². The van der Waals surface area contributed by atoms with E-state index in [2.05, 4.69) is 15.2 Å². The first-order chi connectivity index (χ1) is 17.5. The average molecular weight is 557 g/mol. The highest BCUT2D eigenvalue weighted by Gasteiger charge is 2.39. The molecule has 1 aliphatic heterocycles. The molecule has 11 nitrogen and oxygen atoms in total. The highest BCUT2D eigenvalue weighted by Crippen LogP contribution is 2.33. The molecule has 0 saturated carbocycles. The molecular weight excluding hydrogens is 532 g/mol. The Morgan fingerprint density at radius 2 is 1.71 bits per heavy atom. The monoisotopic (exact) mass is 557 g/mol. The van der Waals surface area contributed by atoms with Crippen LogP contribution in [0.3, 0.4) is 0 Å². The second-order valence-corrected chi connectivity index (χ2v) is 7.73. The van der Waals surface area contributed by atoms with Gasteiger partial charge in [-0.05, 0) is 37.5 Å². The number of aromatic amines is 1. The number of ether oxygens (including phenoxy) is 1. The van der Waals surface area contributed by atoms with Gasteiger partial charge < -0.3 is 25.6 Å². The molecule has 3 rings (SSSR count). The zero-order valence-electron chi connectivity index (χ0n) is 20.0. The Morgan fingerprint density at radius 3 is 2.16 bits per heavy atom. The van der Waals surface area contributed by atoms with Gasteiger partial charge in [-0.15, -0.1) is 0 Å². The Balaban J connectivity index is 0.000000426. The maximum absolute atomic E-state index is 12.7. The maximum atomic E-state index is 12.7. The number of carbonyl (C=O) groups is 3. The number of nitrogens with two attached hydrogens (primary N) is 1. The summed E-state index contributed by atoms with van der Waals surface area (Å²) in [5.74, 6) is -3.57. The molecular formula is C21H25F6N5O6. The second-order valence-electron chi connectivity index (χ2n) is 7.73. The predicted molar refractivity (Wildman–Crippen MR) is 117 cm³/mol. The van der Waals surface area contributed by atoms with Crippen molar-refractivity contribution >= 4 is 17.8 Å². The molecule has 1 aromatic heterocycles. The molecule has 2 heterocycles. The van der Waals surface area contributed by atoms with Crippen molar-refractivity contribution in [2.24, 2.45) is 5.73 Å². The molecule has 2 atom stereocenters. The number of methoxy groups -OCH3 is 1. The van der Waals surface area contributed by atoms with Crippen LogP contribution in [0.5, 0.6) is 5.75 Å². The average Bonchev–Trinajstić information content (AvgIpc) is 3.49. The molecule has 5 N–H and O–H groups in total. The molecule has 1 saturated heterocycles. The molecule has 0 spiro atoms. The van der Waals surface area contributed by atoms with Gasteiger partial charge in [0.1, 0.15) is 11.6 Å². The minimum atomic E-state index is -5.08. The summed E-state index contributed by atoms with van der Waals surface area (Å²) in [7, 11) is 1.65. The number of alkyl halides is 6. The molecule has 212 valence electrons. The summed E-state index contributed by atoms with van der Waals surface area (Å²) in [5.41, 5.74) is 6.86. The van der Waals surface area contributed by atoms with Crippen LogP contribution in [0.2, 0.25) is 0 Å². The quantitative estimate of drug-likeness (QED) is 0.403. The number of amides is 1. The van der Waals surface area contributed by atoms with Gasteiger partial charge in [0, 0.05) is 6.54 Å². The molecule has 1 fully saturated rings. The zero-order valence-corrected chi connectivity index (χ0v) is 20.0. The summed E-state index contributed by atoms with van der Waals surface area (Å²) in [5, 5.41) is 21.1. The number of aromatic nitrogens is 3. The maximum Gasteiger partial charge on any atom is 0.490 e. The van der Waals surface area contributed by atoms with Gasteiger partial charge >= 0.3 is 24.3 Å². The number of halogens is 6. The topological polar surface area (TPSA) is 172 Å². The molecule has 1 aromatic carbocycles. The van der Waals surface area contributed by atoms with E-state index in [1.165, 1.54) is 0 Å². The third-order valence-corrected chi connectivity index (χ3v) is 4.81. The largest absolute Gasteiger partial charge is 0.497 e. The Labute approximate surface area is 211 Å². The third kappa shape index (κ3) is 10.2. The van der Waals surface area contributed by atoms with Crippen molar-refractivity contribution in [2.45, 2.75) is 50.6 Å². The molecule has 2 aromatic rings. The van der Waals surface area contributed by atoms with Crippen LogP contribution in [0.25, 0.3) is 0 Å². The molecule has 0 aliphatic carbocycles. The number of nitrogens with one attached hydrogen (secondary N) is 1. The molecule has 2 unspecified atom stereocenters. The van der Waals surface area contributed by atoms with E-state index in [0.717, 1.165) is 30.7 Å². The molecule has 38 heavy (non-hydrogen) atoms. The van der Waals surface area contributed by atoms with Gasteiger partial charge in [0.25, 0.3) is 0 Å². The number of benzene rings is 1. The fourth-order valence-electron chi connectivity index (χ4n) is 3.10. The number of likely N-dealkylation sites (tertiary alicyclic amines) is 1. The fraction of sp³-hybridized carbons (Fsp3) is 0.476. The summed E-state index contributed by atoms with van der Waals surface area (Å²) in [6.45, 7) is 2.57. The second kappa shape index (κ2) is 13.6. The zero-order chi connectivity index (χ0) is 29.3. The summed E-state index contributed by atoms with van der Waals surface area (Å²) < 4.78 is 68.8. The van der Waals surface area contributed by atoms with Crippen molar-refractivity contribution in [3.8, 4) is 5.75 Å². The van der Waals surface area contributed by atoms with Crippen LogP contribution in [0.1, 0.15) is 49.1 Å². The van der Waals surface area contributed by atoms with Crippen LogP contribution < -0.4 is 10.5 Å². The normalized spacial score (nSPS) is 15.9. The lowest BCUT2D eigenvalue weighted by Gasteiger charge is -2.25. The minimum absolute atomic E-state index is 0.0488. The van der Waals surface area contributed by atoms with Gasteiger partial charge in [-0.2, -0.15) is 31.4 Å². The minimum Gasteiger partial charge on any atom is -0.497 e. The summed E-state index contributed by atoms with van der Waals surface area (Å²) in [4.78, 5) is 36.7. The van der Waals surface area contributed by atoms with Crippen LogP contribution in [0.4, 0.5) is 26.3 Å². The third-order valence-electron chi connectivity index (χ3n) is 4.81. The number of carboxylic acid groups (broad SMARTS) is 2. The molecule has 0 bridgehead atoms. The van der Waals surface area contributed by atoms with Crippen LogP contribution >= 0.6 is 0 Å². The van der Waals surface area contributed by atoms with Crippen molar-refractivity contribution < 1.29 is 55.7 Å². The Morgan fingerprint density at radius 1 is 1.16 bits per heavy atom. The van der Waals surface area contributed by atoms with E-state index < -0.39 is 24.3 Å². The van der Waals surface area contributed by atoms with Gasteiger partial charge in [0.05, 0.1) is 25.6 Å². The van der Waals surface area contributed by atoms with Gasteiger partial charge in [-0.25, -0.2) is 14.6 Å². The van der Waals surface area contributed by atoms with E-state index in [4.69, 9.17) is 30.3 Å². The van der Waals surface area contributed by atoms with Crippen LogP contribution in [-0.2, 0) is 20.8 Å². The van der Waals surface area contributed by atoms with Crippen molar-refractivity contribution in [1.29, 1.82) is 0 Å². The van der Waals surface area contributed by atoms with Crippen LogP contribution in [0.15, 0.2) is 24.3 Å². The lowest BCUT2D eigenvalue weighted by atomic mass is 10.0. The van der Waals surface area contributed by atoms with E-state index in [1.807, 2.05) is 36.1 Å². The highest BCUT2D eigenvalue weighted by molar-refractivity contribution is 5.78. The molecule has 1 aliphatic rings. The van der Waals surface area contributed by atoms with Crippen molar-refractivity contribution in [3.05, 3.63) is 41.5 Å². The predicted octanol–water partition coefficient (Wildman–Crippen LogP) is 3.01. The van der Waals surface area contributed by atoms with Gasteiger partial charge in [-0.3, -0.25) is 9.89 Å². The number of aliphatic carboxylic acids is 2. The molecule has 1 amide bonds. The van der Waals surface area contributed by atoms with E-state index in [9.17, 15) is 31.1 Å². The summed E-state index contributed by atoms with van der Waals surface area (Å²) in [6, 6.07) is 7.75. The van der Waals surface area contributed by atoms with E-state index in [-0.39, 0.29) is 24.4 Å². The number of rotatable bonds is 5. The van der Waals surface area contributed by atoms with E-state index in [1.54, 1.807) is 7.11 Å². The first-order valence-electron chi connectivity index (χ1n) is 10.7. The highest BCUT2D eigenvalue weighted by atomic mass is 19.4. The molecule has 17 heteroatoms. The summed E-state index contributed by atoms with van der Waals surface area (Å²) in [6.07, 6.45) is -8.00. The number of carbonyl (C=O) groups excluding carboxylic acids is 1. The van der Waals surface area contributed by atoms with Gasteiger partial charge in [-0.1, -0.05) is 12.1 Å². The number of carboxylic acids is 2. The van der Waals surface area contributed by atoms with E-state index in [0.29, 0.717) is 11.6 Å². The molecule has 0 radical (unpaired) electrons. The standard InChI is InChI=1S/C17H23N5O2.2C2HF3O2/c1-11(18)17-19-15(20-21-17)10-16(23)22-8-4-7-14(22)12-5-3-6-13(9-12)24-2;2*3-2(4,5)1(6)7/h3,5-6,9,11,14H,4,7-8,10,18H2,1-2H3,(H,19,20,21);2*(H,6,7). The number of hydrogen-bond donors (Lipinski definition) is 4. The van der Waals surface area contributed by atoms with Crippen molar-refractivity contribution in [3.63, 3.8) is 0 Å². The lowest BCUT2D eigenvalue weighted by molar-refractivity contribution is -0.193. The Hall–Kier alpha value is -3.89. The van der Waals surface area contributed by atoms with Crippen LogP contribution in [-0.4, -0.2) is 74.1 Å². The van der Waals surface area contributed by atoms with E-state index >= 15 is 0 Å². The van der Waals surface area contributed by atoms with Gasteiger partial charge in [0.15, 0.2) is 5.82 Å². The Kier molecular flexibility index (Phi) is 11.5. The smallest absolute Gasteiger partial charge is 0.490 e. The number of nitrogens with zero attached hydrogens (tertiary/aromatic N) is 3. The van der Waals surface area contributed by atoms with Crippen molar-refractivity contribution in [2.75, 3.05) is 13.7 Å². The van der Waals surface area contributed by atoms with Gasteiger partial charge in [0.2, 0.25) is 5.91 Å². The summed E-state index contributed by atoms with van der Waals surface area (Å²) >= 11 is 0. The first kappa shape index (κ1) is 32.1. The lowest BCUT2D eigenvalue weighted by Crippen LogP contribution is -2.32. The number of H-pyrrole nitrogens is 1. The SMILES string of the molecule is COc1cccc(C2CCCN2C(=O)Cc2nc(C(C)N)n[nH]2)c1.O=C(O)C(F)(F)F.O=C(O)C(F)(F)F. The Bertz CT molecular complexity index is 1070. The van der Waals surface area contributed by atoms with Crippen molar-refractivity contribution in [1.82, 2.24) is 20.1 Å². The fourth-order valence-corrected chi connectivity index (χ4v) is 3.10. The number of hydrogen-bond acceptors (Lipinski definition) is 7. The first-order valence-corrected chi connectivity index (χ1v) is 10.7.